The van der Waals surface area contributed by atoms with Crippen molar-refractivity contribution in [2.45, 2.75) is 6.42 Å². The number of benzene rings is 1. The molecule has 5 heteroatoms. The summed E-state index contributed by atoms with van der Waals surface area (Å²) < 4.78 is 0. The Morgan fingerprint density at radius 3 is 2.65 bits per heavy atom. The van der Waals surface area contributed by atoms with Crippen LogP contribution in [0.25, 0.3) is 22.0 Å². The maximum atomic E-state index is 5.71. The van der Waals surface area contributed by atoms with E-state index < -0.39 is 0 Å². The average Bonchev–Trinajstić information content (AvgIpc) is 2.94. The lowest BCUT2D eigenvalue weighted by molar-refractivity contribution is 0.986. The second kappa shape index (κ2) is 5.90. The van der Waals surface area contributed by atoms with E-state index in [1.54, 1.807) is 29.9 Å². The van der Waals surface area contributed by atoms with E-state index in [2.05, 4.69) is 22.1 Å². The molecular formula is C15H14N4S. The van der Waals surface area contributed by atoms with Crippen molar-refractivity contribution < 1.29 is 0 Å². The van der Waals surface area contributed by atoms with E-state index in [9.17, 15) is 0 Å². The normalized spacial score (nSPS) is 10.7. The molecule has 0 unspecified atom stereocenters. The molecule has 0 atom stereocenters. The van der Waals surface area contributed by atoms with Gasteiger partial charge in [0.25, 0.3) is 0 Å². The van der Waals surface area contributed by atoms with E-state index in [4.69, 9.17) is 10.7 Å². The molecule has 3 aromatic rings. The quantitative estimate of drug-likeness (QED) is 0.799. The molecule has 0 spiro atoms. The summed E-state index contributed by atoms with van der Waals surface area (Å²) in [6.45, 7) is 0.613. The number of hydrogen-bond acceptors (Lipinski definition) is 5. The van der Waals surface area contributed by atoms with Gasteiger partial charge in [0.05, 0.1) is 11.9 Å². The average molecular weight is 282 g/mol. The third-order valence-electron chi connectivity index (χ3n) is 2.90. The summed E-state index contributed by atoms with van der Waals surface area (Å²) in [6, 6.07) is 10.2. The third kappa shape index (κ3) is 2.59. The van der Waals surface area contributed by atoms with Crippen molar-refractivity contribution >= 4 is 11.3 Å². The van der Waals surface area contributed by atoms with Gasteiger partial charge in [0.15, 0.2) is 0 Å². The Kier molecular flexibility index (Phi) is 3.80. The van der Waals surface area contributed by atoms with Crippen LogP contribution in [-0.4, -0.2) is 21.5 Å². The molecule has 0 aliphatic heterocycles. The van der Waals surface area contributed by atoms with Gasteiger partial charge in [-0.05, 0) is 13.0 Å². The predicted octanol–water partition coefficient (Wildman–Crippen LogP) is 2.77. The molecule has 0 saturated heterocycles. The van der Waals surface area contributed by atoms with E-state index in [0.717, 1.165) is 28.4 Å². The minimum absolute atomic E-state index is 0.613. The van der Waals surface area contributed by atoms with Crippen LogP contribution in [0.4, 0.5) is 0 Å². The van der Waals surface area contributed by atoms with Crippen molar-refractivity contribution in [2.75, 3.05) is 6.54 Å². The van der Waals surface area contributed by atoms with Crippen LogP contribution in [-0.2, 0) is 6.42 Å². The molecule has 0 aliphatic carbocycles. The lowest BCUT2D eigenvalue weighted by Crippen LogP contribution is -2.02. The standard InChI is InChI=1S/C15H14N4S/c16-7-6-13-14(11-4-2-1-3-5-11)19-15(20-13)12-10-17-8-9-18-12/h1-5,8-10H,6-7,16H2. The first kappa shape index (κ1) is 12.9. The van der Waals surface area contributed by atoms with Crippen LogP contribution in [0, 0.1) is 0 Å². The monoisotopic (exact) mass is 282 g/mol. The Hall–Kier alpha value is -2.11. The molecule has 0 saturated carbocycles. The molecule has 20 heavy (non-hydrogen) atoms. The molecule has 100 valence electrons. The molecule has 2 heterocycles. The van der Waals surface area contributed by atoms with Crippen LogP contribution in [0.2, 0.25) is 0 Å². The zero-order valence-corrected chi connectivity index (χ0v) is 11.7. The van der Waals surface area contributed by atoms with Crippen LogP contribution in [0.3, 0.4) is 0 Å². The number of thiazole rings is 1. The molecule has 0 bridgehead atoms. The Labute approximate surface area is 121 Å². The second-order valence-electron chi connectivity index (χ2n) is 4.29. The van der Waals surface area contributed by atoms with Crippen LogP contribution in [0.15, 0.2) is 48.9 Å². The van der Waals surface area contributed by atoms with E-state index in [1.807, 2.05) is 18.2 Å². The molecule has 0 fully saturated rings. The summed E-state index contributed by atoms with van der Waals surface area (Å²) in [5, 5.41) is 0.889. The van der Waals surface area contributed by atoms with Gasteiger partial charge in [0.2, 0.25) is 0 Å². The zero-order chi connectivity index (χ0) is 13.8. The summed E-state index contributed by atoms with van der Waals surface area (Å²) in [7, 11) is 0. The van der Waals surface area contributed by atoms with E-state index in [0.29, 0.717) is 6.54 Å². The van der Waals surface area contributed by atoms with Crippen LogP contribution < -0.4 is 5.73 Å². The molecule has 0 aliphatic rings. The van der Waals surface area contributed by atoms with Crippen molar-refractivity contribution in [3.8, 4) is 22.0 Å². The Morgan fingerprint density at radius 2 is 1.95 bits per heavy atom. The number of rotatable bonds is 4. The number of aromatic nitrogens is 3. The minimum atomic E-state index is 0.613. The van der Waals surface area contributed by atoms with Crippen LogP contribution >= 0.6 is 11.3 Å². The van der Waals surface area contributed by atoms with E-state index in [1.165, 1.54) is 4.88 Å². The highest BCUT2D eigenvalue weighted by Gasteiger charge is 2.14. The predicted molar refractivity (Wildman–Crippen MR) is 81.3 cm³/mol. The highest BCUT2D eigenvalue weighted by atomic mass is 32.1. The smallest absolute Gasteiger partial charge is 0.144 e. The molecule has 2 aromatic heterocycles. The number of hydrogen-bond donors (Lipinski definition) is 1. The van der Waals surface area contributed by atoms with Gasteiger partial charge in [-0.25, -0.2) is 4.98 Å². The molecule has 4 nitrogen and oxygen atoms in total. The molecule has 1 aromatic carbocycles. The fraction of sp³-hybridized carbons (Fsp3) is 0.133. The van der Waals surface area contributed by atoms with Crippen molar-refractivity contribution in [3.05, 3.63) is 53.8 Å². The molecule has 3 rings (SSSR count). The fourth-order valence-electron chi connectivity index (χ4n) is 1.99. The summed E-state index contributed by atoms with van der Waals surface area (Å²) in [5.41, 5.74) is 8.62. The molecule has 0 radical (unpaired) electrons. The molecule has 0 amide bonds. The highest BCUT2D eigenvalue weighted by Crippen LogP contribution is 2.32. The molecule has 2 N–H and O–H groups in total. The topological polar surface area (TPSA) is 64.7 Å². The van der Waals surface area contributed by atoms with Gasteiger partial charge in [-0.2, -0.15) is 0 Å². The fourth-order valence-corrected chi connectivity index (χ4v) is 3.05. The summed E-state index contributed by atoms with van der Waals surface area (Å²) >= 11 is 1.64. The first-order valence-electron chi connectivity index (χ1n) is 6.40. The van der Waals surface area contributed by atoms with Gasteiger partial charge < -0.3 is 5.73 Å². The minimum Gasteiger partial charge on any atom is -0.330 e. The summed E-state index contributed by atoms with van der Waals surface area (Å²) in [6.07, 6.45) is 5.90. The third-order valence-corrected chi connectivity index (χ3v) is 4.04. The van der Waals surface area contributed by atoms with E-state index in [-0.39, 0.29) is 0 Å². The maximum absolute atomic E-state index is 5.71. The van der Waals surface area contributed by atoms with Gasteiger partial charge in [0.1, 0.15) is 10.7 Å². The van der Waals surface area contributed by atoms with Crippen molar-refractivity contribution in [2.24, 2.45) is 5.73 Å². The van der Waals surface area contributed by atoms with Crippen molar-refractivity contribution in [1.29, 1.82) is 0 Å². The first-order valence-corrected chi connectivity index (χ1v) is 7.21. The van der Waals surface area contributed by atoms with Gasteiger partial charge in [-0.1, -0.05) is 30.3 Å². The Bertz CT molecular complexity index is 680. The van der Waals surface area contributed by atoms with Gasteiger partial charge in [-0.3, -0.25) is 9.97 Å². The van der Waals surface area contributed by atoms with Crippen LogP contribution in [0.1, 0.15) is 4.88 Å². The second-order valence-corrected chi connectivity index (χ2v) is 5.37. The first-order chi connectivity index (χ1) is 9.88. The lowest BCUT2D eigenvalue weighted by atomic mass is 10.1. The Morgan fingerprint density at radius 1 is 1.10 bits per heavy atom. The molecular weight excluding hydrogens is 268 g/mol. The Balaban J connectivity index is 2.08. The SMILES string of the molecule is NCCc1sc(-c2cnccn2)nc1-c1ccccc1. The zero-order valence-electron chi connectivity index (χ0n) is 10.9. The number of nitrogens with zero attached hydrogens (tertiary/aromatic N) is 3. The van der Waals surface area contributed by atoms with Crippen LogP contribution in [0.5, 0.6) is 0 Å². The van der Waals surface area contributed by atoms with Gasteiger partial charge >= 0.3 is 0 Å². The highest BCUT2D eigenvalue weighted by molar-refractivity contribution is 7.15. The van der Waals surface area contributed by atoms with Gasteiger partial charge in [-0.15, -0.1) is 11.3 Å². The largest absolute Gasteiger partial charge is 0.330 e. The summed E-state index contributed by atoms with van der Waals surface area (Å²) in [4.78, 5) is 14.3. The lowest BCUT2D eigenvalue weighted by Gasteiger charge is -2.00. The van der Waals surface area contributed by atoms with Gasteiger partial charge in [0, 0.05) is 22.8 Å². The maximum Gasteiger partial charge on any atom is 0.144 e. The number of nitrogens with two attached hydrogens (primary N) is 1. The van der Waals surface area contributed by atoms with Crippen molar-refractivity contribution in [1.82, 2.24) is 15.0 Å². The van der Waals surface area contributed by atoms with E-state index >= 15 is 0 Å². The van der Waals surface area contributed by atoms with Crippen molar-refractivity contribution in [3.63, 3.8) is 0 Å². The summed E-state index contributed by atoms with van der Waals surface area (Å²) in [5.74, 6) is 0.